The van der Waals surface area contributed by atoms with Gasteiger partial charge in [-0.15, -0.1) is 12.4 Å². The van der Waals surface area contributed by atoms with Crippen molar-refractivity contribution < 1.29 is 4.79 Å². The maximum absolute atomic E-state index is 12.1. The highest BCUT2D eigenvalue weighted by atomic mass is 79.9. The molecule has 126 valence electrons. The number of halogens is 2. The van der Waals surface area contributed by atoms with Crippen LogP contribution in [0.4, 0.5) is 5.95 Å². The van der Waals surface area contributed by atoms with E-state index in [0.717, 1.165) is 15.8 Å². The number of hydrogen-bond acceptors (Lipinski definition) is 4. The van der Waals surface area contributed by atoms with Crippen molar-refractivity contribution in [2.75, 3.05) is 17.3 Å². The molecule has 3 N–H and O–H groups in total. The van der Waals surface area contributed by atoms with Gasteiger partial charge in [0.05, 0.1) is 12.6 Å². The molecule has 2 rings (SSSR count). The number of nitrogens with one attached hydrogen (secondary N) is 1. The maximum atomic E-state index is 12.1. The van der Waals surface area contributed by atoms with Gasteiger partial charge in [0.1, 0.15) is 0 Å². The number of anilines is 1. The number of benzene rings is 1. The fourth-order valence-corrected chi connectivity index (χ4v) is 2.68. The van der Waals surface area contributed by atoms with E-state index >= 15 is 0 Å². The first-order valence-electron chi connectivity index (χ1n) is 6.91. The van der Waals surface area contributed by atoms with Crippen molar-refractivity contribution in [3.8, 4) is 0 Å². The molecule has 0 saturated carbocycles. The van der Waals surface area contributed by atoms with Gasteiger partial charge < -0.3 is 10.3 Å². The van der Waals surface area contributed by atoms with Crippen LogP contribution in [-0.4, -0.2) is 33.5 Å². The minimum atomic E-state index is -0.509. The number of carbonyl (C=O) groups excluding carboxylic acids is 1. The van der Waals surface area contributed by atoms with Gasteiger partial charge in [0.25, 0.3) is 0 Å². The standard InChI is InChI=1S/C15H19BrN4OS.ClH/c1-22-9-6-13(17)14(21)19-15-18-7-8-20(15)10-11-2-4-12(16)5-3-11;/h2-5,7-8,13H,6,9-10,17H2,1H3,(H,18,19,21);1H/t13-;/m0./s1. The lowest BCUT2D eigenvalue weighted by Crippen LogP contribution is -2.36. The number of hydrogen-bond donors (Lipinski definition) is 2. The molecule has 1 amide bonds. The number of amides is 1. The lowest BCUT2D eigenvalue weighted by Gasteiger charge is -2.13. The van der Waals surface area contributed by atoms with Gasteiger partial charge in [-0.2, -0.15) is 11.8 Å². The Kier molecular flexibility index (Phi) is 8.68. The van der Waals surface area contributed by atoms with Gasteiger partial charge in [-0.1, -0.05) is 28.1 Å². The Balaban J connectivity index is 0.00000264. The molecule has 2 aromatic rings. The van der Waals surface area contributed by atoms with Crippen molar-refractivity contribution in [1.29, 1.82) is 0 Å². The van der Waals surface area contributed by atoms with Crippen molar-refractivity contribution in [2.24, 2.45) is 5.73 Å². The van der Waals surface area contributed by atoms with Crippen molar-refractivity contribution in [3.05, 3.63) is 46.7 Å². The highest BCUT2D eigenvalue weighted by Gasteiger charge is 2.15. The molecule has 23 heavy (non-hydrogen) atoms. The molecule has 0 spiro atoms. The zero-order valence-electron chi connectivity index (χ0n) is 12.7. The molecule has 1 aromatic heterocycles. The molecule has 1 atom stereocenters. The monoisotopic (exact) mass is 418 g/mol. The molecule has 0 aliphatic heterocycles. The largest absolute Gasteiger partial charge is 0.320 e. The minimum absolute atomic E-state index is 0. The molecule has 8 heteroatoms. The first-order valence-corrected chi connectivity index (χ1v) is 9.10. The molecular weight excluding hydrogens is 400 g/mol. The third-order valence-corrected chi connectivity index (χ3v) is 4.36. The van der Waals surface area contributed by atoms with Gasteiger partial charge in [0.2, 0.25) is 11.9 Å². The van der Waals surface area contributed by atoms with Crippen molar-refractivity contribution >= 4 is 52.0 Å². The lowest BCUT2D eigenvalue weighted by molar-refractivity contribution is -0.117. The first-order chi connectivity index (χ1) is 10.6. The third-order valence-electron chi connectivity index (χ3n) is 3.19. The van der Waals surface area contributed by atoms with E-state index in [1.54, 1.807) is 18.0 Å². The minimum Gasteiger partial charge on any atom is -0.320 e. The van der Waals surface area contributed by atoms with Crippen LogP contribution in [0.2, 0.25) is 0 Å². The number of carbonyl (C=O) groups is 1. The van der Waals surface area contributed by atoms with E-state index in [1.165, 1.54) is 0 Å². The normalized spacial score (nSPS) is 11.6. The van der Waals surface area contributed by atoms with Crippen LogP contribution >= 0.6 is 40.1 Å². The van der Waals surface area contributed by atoms with Gasteiger partial charge in [0.15, 0.2) is 0 Å². The number of nitrogens with two attached hydrogens (primary N) is 1. The van der Waals surface area contributed by atoms with Crippen molar-refractivity contribution in [3.63, 3.8) is 0 Å². The van der Waals surface area contributed by atoms with Crippen molar-refractivity contribution in [2.45, 2.75) is 19.0 Å². The predicted molar refractivity (Wildman–Crippen MR) is 102 cm³/mol. The van der Waals surface area contributed by atoms with E-state index in [2.05, 4.69) is 26.2 Å². The zero-order valence-corrected chi connectivity index (χ0v) is 16.0. The van der Waals surface area contributed by atoms with Gasteiger partial charge in [-0.05, 0) is 36.1 Å². The van der Waals surface area contributed by atoms with E-state index in [0.29, 0.717) is 18.9 Å². The quantitative estimate of drug-likeness (QED) is 0.723. The summed E-state index contributed by atoms with van der Waals surface area (Å²) < 4.78 is 2.93. The molecule has 5 nitrogen and oxygen atoms in total. The van der Waals surface area contributed by atoms with Crippen molar-refractivity contribution in [1.82, 2.24) is 9.55 Å². The summed E-state index contributed by atoms with van der Waals surface area (Å²) in [5.74, 6) is 1.19. The molecule has 0 radical (unpaired) electrons. The number of aromatic nitrogens is 2. The molecule has 1 heterocycles. The topological polar surface area (TPSA) is 72.9 Å². The summed E-state index contributed by atoms with van der Waals surface area (Å²) >= 11 is 5.09. The van der Waals surface area contributed by atoms with E-state index in [1.807, 2.05) is 41.3 Å². The molecule has 0 unspecified atom stereocenters. The fourth-order valence-electron chi connectivity index (χ4n) is 1.93. The summed E-state index contributed by atoms with van der Waals surface area (Å²) in [6, 6.07) is 7.52. The Morgan fingerprint density at radius 3 is 2.78 bits per heavy atom. The van der Waals surface area contributed by atoms with E-state index in [9.17, 15) is 4.79 Å². The highest BCUT2D eigenvalue weighted by molar-refractivity contribution is 9.10. The summed E-state index contributed by atoms with van der Waals surface area (Å²) in [5, 5.41) is 2.80. The van der Waals surface area contributed by atoms with E-state index < -0.39 is 6.04 Å². The summed E-state index contributed by atoms with van der Waals surface area (Å²) in [5.41, 5.74) is 7.00. The Morgan fingerprint density at radius 2 is 2.13 bits per heavy atom. The van der Waals surface area contributed by atoms with Crippen LogP contribution in [0.3, 0.4) is 0 Å². The number of imidazole rings is 1. The van der Waals surface area contributed by atoms with Crippen LogP contribution in [0.5, 0.6) is 0 Å². The zero-order chi connectivity index (χ0) is 15.9. The molecule has 0 aliphatic carbocycles. The second kappa shape index (κ2) is 9.97. The van der Waals surface area contributed by atoms with Crippen LogP contribution in [0, 0.1) is 0 Å². The van der Waals surface area contributed by atoms with E-state index in [-0.39, 0.29) is 18.3 Å². The Labute approximate surface area is 155 Å². The Morgan fingerprint density at radius 1 is 1.43 bits per heavy atom. The van der Waals surface area contributed by atoms with Crippen LogP contribution in [0.1, 0.15) is 12.0 Å². The smallest absolute Gasteiger partial charge is 0.243 e. The van der Waals surface area contributed by atoms with Crippen LogP contribution in [-0.2, 0) is 11.3 Å². The van der Waals surface area contributed by atoms with Gasteiger partial charge in [-0.3, -0.25) is 10.1 Å². The highest BCUT2D eigenvalue weighted by Crippen LogP contribution is 2.14. The number of nitrogens with zero attached hydrogens (tertiary/aromatic N) is 2. The number of rotatable bonds is 7. The summed E-state index contributed by atoms with van der Waals surface area (Å²) in [6.07, 6.45) is 6.16. The fraction of sp³-hybridized carbons (Fsp3) is 0.333. The molecule has 1 aromatic carbocycles. The van der Waals surface area contributed by atoms with Crippen LogP contribution in [0.25, 0.3) is 0 Å². The molecular formula is C15H20BrClN4OS. The SMILES string of the molecule is CSCC[C@H](N)C(=O)Nc1nccn1Cc1ccc(Br)cc1.Cl. The molecule has 0 saturated heterocycles. The lowest BCUT2D eigenvalue weighted by atomic mass is 10.2. The van der Waals surface area contributed by atoms with Crippen LogP contribution < -0.4 is 11.1 Å². The predicted octanol–water partition coefficient (Wildman–Crippen LogP) is 3.13. The average Bonchev–Trinajstić information content (AvgIpc) is 2.94. The molecule has 0 bridgehead atoms. The van der Waals surface area contributed by atoms with Gasteiger partial charge in [-0.25, -0.2) is 4.98 Å². The van der Waals surface area contributed by atoms with Gasteiger partial charge in [0, 0.05) is 16.9 Å². The average molecular weight is 420 g/mol. The Hall–Kier alpha value is -1.02. The third kappa shape index (κ3) is 6.18. The summed E-state index contributed by atoms with van der Waals surface area (Å²) in [7, 11) is 0. The Bertz CT molecular complexity index is 620. The summed E-state index contributed by atoms with van der Waals surface area (Å²) in [4.78, 5) is 16.3. The van der Waals surface area contributed by atoms with Crippen LogP contribution in [0.15, 0.2) is 41.1 Å². The second-order valence-corrected chi connectivity index (χ2v) is 6.78. The summed E-state index contributed by atoms with van der Waals surface area (Å²) in [6.45, 7) is 0.642. The first kappa shape index (κ1) is 20.0. The van der Waals surface area contributed by atoms with Gasteiger partial charge >= 0.3 is 0 Å². The second-order valence-electron chi connectivity index (χ2n) is 4.88. The van der Waals surface area contributed by atoms with E-state index in [4.69, 9.17) is 5.73 Å². The molecule has 0 fully saturated rings. The molecule has 0 aliphatic rings. The maximum Gasteiger partial charge on any atom is 0.243 e. The number of thioether (sulfide) groups is 1.